The predicted octanol–water partition coefficient (Wildman–Crippen LogP) is 2.77. The molecule has 0 aliphatic heterocycles. The lowest BCUT2D eigenvalue weighted by Crippen LogP contribution is -2.27. The largest absolute Gasteiger partial charge is 0.497 e. The van der Waals surface area contributed by atoms with Gasteiger partial charge < -0.3 is 4.74 Å². The molecule has 0 saturated carbocycles. The molecule has 0 amide bonds. The minimum absolute atomic E-state index is 0.374. The van der Waals surface area contributed by atoms with Crippen LogP contribution in [0, 0.1) is 0 Å². The lowest BCUT2D eigenvalue weighted by Gasteiger charge is -2.15. The highest BCUT2D eigenvalue weighted by atomic mass is 28.3. The summed E-state index contributed by atoms with van der Waals surface area (Å²) < 4.78 is 5.52. The number of methoxy groups -OCH3 is 1. The number of ether oxygens (including phenoxy) is 1. The first-order valence-electron chi connectivity index (χ1n) is 6.26. The van der Waals surface area contributed by atoms with E-state index in [0.29, 0.717) is 0 Å². The molecule has 0 N–H and O–H groups in total. The minimum Gasteiger partial charge on any atom is -0.497 e. The average Bonchev–Trinajstić information content (AvgIpc) is 2.36. The van der Waals surface area contributed by atoms with Crippen LogP contribution in [-0.2, 0) is 0 Å². The van der Waals surface area contributed by atoms with Crippen LogP contribution in [0.4, 0.5) is 0 Å². The highest BCUT2D eigenvalue weighted by Gasteiger charge is 2.13. The minimum atomic E-state index is -0.528. The van der Waals surface area contributed by atoms with E-state index in [4.69, 9.17) is 4.74 Å². The van der Waals surface area contributed by atoms with Crippen LogP contribution < -0.4 is 15.1 Å². The molecule has 0 aliphatic rings. The fourth-order valence-electron chi connectivity index (χ4n) is 2.31. The van der Waals surface area contributed by atoms with Gasteiger partial charge in [-0.3, -0.25) is 0 Å². The van der Waals surface area contributed by atoms with Crippen molar-refractivity contribution < 1.29 is 4.74 Å². The van der Waals surface area contributed by atoms with Crippen LogP contribution in [0.3, 0.4) is 0 Å². The Hall–Kier alpha value is -1.07. The quantitative estimate of drug-likeness (QED) is 0.781. The van der Waals surface area contributed by atoms with E-state index >= 15 is 0 Å². The molecule has 0 aliphatic carbocycles. The molecule has 0 spiro atoms. The van der Waals surface area contributed by atoms with Gasteiger partial charge in [0.1, 0.15) is 5.75 Å². The third-order valence-corrected chi connectivity index (χ3v) is 6.26. The SMILES string of the molecule is COc1ccc2cc([Si](C)C)ccc2c1[Si](C)C. The molecule has 18 heavy (non-hydrogen) atoms. The molecule has 0 atom stereocenters. The van der Waals surface area contributed by atoms with Gasteiger partial charge in [0.25, 0.3) is 0 Å². The third-order valence-electron chi connectivity index (χ3n) is 3.28. The Bertz CT molecular complexity index is 562. The monoisotopic (exact) mass is 272 g/mol. The smallest absolute Gasteiger partial charge is 0.118 e. The van der Waals surface area contributed by atoms with Crippen LogP contribution in [0.25, 0.3) is 10.8 Å². The molecule has 2 radical (unpaired) electrons. The van der Waals surface area contributed by atoms with Crippen molar-refractivity contribution in [1.29, 1.82) is 0 Å². The first kappa shape index (κ1) is 13.4. The lowest BCUT2D eigenvalue weighted by atomic mass is 10.1. The van der Waals surface area contributed by atoms with Crippen molar-refractivity contribution in [1.82, 2.24) is 0 Å². The Labute approximate surface area is 113 Å². The van der Waals surface area contributed by atoms with Gasteiger partial charge in [0.15, 0.2) is 0 Å². The molecule has 3 heteroatoms. The van der Waals surface area contributed by atoms with Crippen molar-refractivity contribution in [2.75, 3.05) is 7.11 Å². The average molecular weight is 272 g/mol. The van der Waals surface area contributed by atoms with Gasteiger partial charge in [-0.2, -0.15) is 0 Å². The molecular formula is C15H20OSi2. The highest BCUT2D eigenvalue weighted by Crippen LogP contribution is 2.19. The molecular weight excluding hydrogens is 252 g/mol. The van der Waals surface area contributed by atoms with Crippen LogP contribution in [-0.4, -0.2) is 24.7 Å². The summed E-state index contributed by atoms with van der Waals surface area (Å²) in [5, 5.41) is 5.66. The Kier molecular flexibility index (Phi) is 3.92. The molecule has 0 bridgehead atoms. The van der Waals surface area contributed by atoms with Crippen molar-refractivity contribution in [2.45, 2.75) is 26.2 Å². The highest BCUT2D eigenvalue weighted by molar-refractivity contribution is 6.74. The van der Waals surface area contributed by atoms with Crippen LogP contribution in [0.15, 0.2) is 30.3 Å². The van der Waals surface area contributed by atoms with Gasteiger partial charge in [-0.25, -0.2) is 0 Å². The molecule has 0 aromatic heterocycles. The lowest BCUT2D eigenvalue weighted by molar-refractivity contribution is 0.418. The molecule has 94 valence electrons. The van der Waals surface area contributed by atoms with E-state index in [1.807, 2.05) is 0 Å². The Morgan fingerprint density at radius 2 is 1.61 bits per heavy atom. The van der Waals surface area contributed by atoms with Gasteiger partial charge >= 0.3 is 0 Å². The first-order valence-corrected chi connectivity index (χ1v) is 11.3. The van der Waals surface area contributed by atoms with Crippen LogP contribution in [0.5, 0.6) is 5.75 Å². The normalized spacial score (nSPS) is 11.5. The Morgan fingerprint density at radius 3 is 2.17 bits per heavy atom. The predicted molar refractivity (Wildman–Crippen MR) is 84.7 cm³/mol. The molecule has 0 heterocycles. The van der Waals surface area contributed by atoms with E-state index in [-0.39, 0.29) is 8.80 Å². The molecule has 0 unspecified atom stereocenters. The summed E-state index contributed by atoms with van der Waals surface area (Å²) in [6, 6.07) is 11.3. The maximum Gasteiger partial charge on any atom is 0.118 e. The zero-order chi connectivity index (χ0) is 13.3. The standard InChI is InChI=1S/C15H20OSi2/c1-16-14-9-6-11-10-12(17(2)3)7-8-13(11)15(14)18(4)5/h6-10H,1-5H3. The zero-order valence-electron chi connectivity index (χ0n) is 11.8. The third kappa shape index (κ3) is 2.38. The summed E-state index contributed by atoms with van der Waals surface area (Å²) in [6.07, 6.45) is 0. The van der Waals surface area contributed by atoms with Crippen molar-refractivity contribution in [3.05, 3.63) is 30.3 Å². The topological polar surface area (TPSA) is 9.23 Å². The van der Waals surface area contributed by atoms with E-state index in [1.54, 1.807) is 7.11 Å². The maximum absolute atomic E-state index is 5.52. The van der Waals surface area contributed by atoms with Gasteiger partial charge in [0.2, 0.25) is 0 Å². The van der Waals surface area contributed by atoms with Crippen molar-refractivity contribution >= 4 is 38.7 Å². The number of hydrogen-bond acceptors (Lipinski definition) is 1. The number of fused-ring (bicyclic) bond motifs is 1. The van der Waals surface area contributed by atoms with E-state index in [9.17, 15) is 0 Å². The Morgan fingerprint density at radius 1 is 0.889 bits per heavy atom. The molecule has 1 nitrogen and oxygen atoms in total. The van der Waals surface area contributed by atoms with Crippen molar-refractivity contribution in [2.24, 2.45) is 0 Å². The maximum atomic E-state index is 5.52. The number of rotatable bonds is 3. The number of hydrogen-bond donors (Lipinski definition) is 0. The second-order valence-electron chi connectivity index (χ2n) is 5.08. The first-order chi connectivity index (χ1) is 8.54. The van der Waals surface area contributed by atoms with Gasteiger partial charge in [0.05, 0.1) is 24.7 Å². The fraction of sp³-hybridized carbons (Fsp3) is 0.333. The van der Waals surface area contributed by atoms with Gasteiger partial charge in [0, 0.05) is 0 Å². The summed E-state index contributed by atoms with van der Waals surface area (Å²) in [5.74, 6) is 1.05. The van der Waals surface area contributed by atoms with Crippen LogP contribution >= 0.6 is 0 Å². The summed E-state index contributed by atoms with van der Waals surface area (Å²) in [6.45, 7) is 9.33. The molecule has 0 saturated heterocycles. The van der Waals surface area contributed by atoms with E-state index in [1.165, 1.54) is 21.1 Å². The zero-order valence-corrected chi connectivity index (χ0v) is 13.8. The second-order valence-corrected chi connectivity index (χ2v) is 10.2. The molecule has 2 rings (SSSR count). The van der Waals surface area contributed by atoms with Crippen LogP contribution in [0.2, 0.25) is 26.2 Å². The fourth-order valence-corrected chi connectivity index (χ4v) is 4.61. The summed E-state index contributed by atoms with van der Waals surface area (Å²) >= 11 is 0. The van der Waals surface area contributed by atoms with Gasteiger partial charge in [-0.1, -0.05) is 55.6 Å². The van der Waals surface area contributed by atoms with Gasteiger partial charge in [-0.15, -0.1) is 0 Å². The van der Waals surface area contributed by atoms with Crippen molar-refractivity contribution in [3.63, 3.8) is 0 Å². The van der Waals surface area contributed by atoms with E-state index < -0.39 is 8.80 Å². The van der Waals surface area contributed by atoms with E-state index in [0.717, 1.165) is 5.75 Å². The molecule has 0 fully saturated rings. The van der Waals surface area contributed by atoms with Crippen molar-refractivity contribution in [3.8, 4) is 5.75 Å². The summed E-state index contributed by atoms with van der Waals surface area (Å²) in [4.78, 5) is 0. The Balaban J connectivity index is 2.70. The van der Waals surface area contributed by atoms with Crippen LogP contribution in [0.1, 0.15) is 0 Å². The van der Waals surface area contributed by atoms with Gasteiger partial charge in [-0.05, 0) is 22.0 Å². The second kappa shape index (κ2) is 5.28. The number of benzene rings is 2. The molecule has 2 aromatic rings. The summed E-state index contributed by atoms with van der Waals surface area (Å²) in [7, 11) is 0.865. The summed E-state index contributed by atoms with van der Waals surface area (Å²) in [5.41, 5.74) is 0. The molecule has 2 aromatic carbocycles. The van der Waals surface area contributed by atoms with E-state index in [2.05, 4.69) is 56.5 Å².